The molecule has 1 aliphatic carbocycles. The first kappa shape index (κ1) is 17.5. The topological polar surface area (TPSA) is 99.8 Å². The lowest BCUT2D eigenvalue weighted by molar-refractivity contribution is -0.148. The van der Waals surface area contributed by atoms with E-state index in [1.807, 2.05) is 6.92 Å². The number of hydrogen-bond donors (Lipinski definition) is 1. The summed E-state index contributed by atoms with van der Waals surface area (Å²) in [5.41, 5.74) is -0.0596. The number of aliphatic carboxylic acids is 1. The average molecular weight is 362 g/mol. The molecule has 1 atom stereocenters. The summed E-state index contributed by atoms with van der Waals surface area (Å²) in [6.07, 6.45) is 4.95. The van der Waals surface area contributed by atoms with Gasteiger partial charge in [0.1, 0.15) is 6.04 Å². The molecule has 8 heteroatoms. The van der Waals surface area contributed by atoms with Gasteiger partial charge in [-0.05, 0) is 50.6 Å². The molecule has 1 aromatic heterocycles. The highest BCUT2D eigenvalue weighted by Gasteiger charge is 2.51. The van der Waals surface area contributed by atoms with E-state index >= 15 is 0 Å². The third-order valence-electron chi connectivity index (χ3n) is 6.10. The smallest absolute Gasteiger partial charge is 0.326 e. The van der Waals surface area contributed by atoms with E-state index in [1.54, 1.807) is 4.90 Å². The Balaban J connectivity index is 1.38. The number of carbonyl (C=O) groups is 2. The zero-order valence-electron chi connectivity index (χ0n) is 15.2. The van der Waals surface area contributed by atoms with E-state index in [0.29, 0.717) is 31.2 Å². The minimum Gasteiger partial charge on any atom is -0.480 e. The summed E-state index contributed by atoms with van der Waals surface area (Å²) in [5.74, 6) is 0.617. The second-order valence-electron chi connectivity index (χ2n) is 8.03. The van der Waals surface area contributed by atoms with E-state index in [-0.39, 0.29) is 17.2 Å². The van der Waals surface area contributed by atoms with Crippen LogP contribution >= 0.6 is 0 Å². The van der Waals surface area contributed by atoms with Crippen LogP contribution in [0.5, 0.6) is 0 Å². The highest BCUT2D eigenvalue weighted by molar-refractivity contribution is 5.87. The van der Waals surface area contributed by atoms with E-state index in [4.69, 9.17) is 4.52 Å². The highest BCUT2D eigenvalue weighted by atomic mass is 16.5. The van der Waals surface area contributed by atoms with Crippen molar-refractivity contribution in [3.63, 3.8) is 0 Å². The van der Waals surface area contributed by atoms with Crippen LogP contribution in [0.15, 0.2) is 4.52 Å². The number of aryl methyl sites for hydroxylation is 1. The first-order valence-electron chi connectivity index (χ1n) is 9.57. The third kappa shape index (κ3) is 3.34. The average Bonchev–Trinajstić information content (AvgIpc) is 3.27. The number of carbonyl (C=O) groups excluding carboxylic acids is 1. The summed E-state index contributed by atoms with van der Waals surface area (Å²) < 4.78 is 5.16. The number of nitrogens with zero attached hydrogens (tertiary/aromatic N) is 4. The molecule has 3 fully saturated rings. The van der Waals surface area contributed by atoms with Gasteiger partial charge < -0.3 is 14.5 Å². The second kappa shape index (κ2) is 6.64. The van der Waals surface area contributed by atoms with Gasteiger partial charge in [-0.2, -0.15) is 4.98 Å². The van der Waals surface area contributed by atoms with Crippen LogP contribution in [0.3, 0.4) is 0 Å². The number of aromatic nitrogens is 2. The zero-order chi connectivity index (χ0) is 18.3. The Labute approximate surface area is 152 Å². The van der Waals surface area contributed by atoms with E-state index in [0.717, 1.165) is 45.2 Å². The number of carboxylic acid groups (broad SMARTS) is 1. The van der Waals surface area contributed by atoms with Crippen molar-refractivity contribution in [2.45, 2.75) is 58.0 Å². The van der Waals surface area contributed by atoms with Crippen LogP contribution in [0.4, 0.5) is 0 Å². The Morgan fingerprint density at radius 3 is 2.62 bits per heavy atom. The summed E-state index contributed by atoms with van der Waals surface area (Å²) in [6.45, 7) is 4.97. The molecule has 142 valence electrons. The fourth-order valence-corrected chi connectivity index (χ4v) is 4.32. The minimum atomic E-state index is -0.864. The minimum absolute atomic E-state index is 0.0515. The molecule has 8 nitrogen and oxygen atoms in total. The fourth-order valence-electron chi connectivity index (χ4n) is 4.32. The molecule has 1 aromatic rings. The number of rotatable bonds is 5. The van der Waals surface area contributed by atoms with Crippen molar-refractivity contribution < 1.29 is 19.2 Å². The maximum atomic E-state index is 12.5. The van der Waals surface area contributed by atoms with Crippen LogP contribution in [0, 0.1) is 11.3 Å². The zero-order valence-corrected chi connectivity index (χ0v) is 15.2. The van der Waals surface area contributed by atoms with Crippen molar-refractivity contribution in [2.75, 3.05) is 19.6 Å². The molecule has 1 unspecified atom stereocenters. The lowest BCUT2D eigenvalue weighted by Crippen LogP contribution is -2.43. The predicted molar refractivity (Wildman–Crippen MR) is 91.1 cm³/mol. The quantitative estimate of drug-likeness (QED) is 0.843. The molecule has 3 heterocycles. The molecule has 0 aromatic carbocycles. The Kier molecular flexibility index (Phi) is 4.46. The Morgan fingerprint density at radius 1 is 1.31 bits per heavy atom. The number of piperidine rings is 1. The molecule has 2 saturated heterocycles. The van der Waals surface area contributed by atoms with E-state index in [1.165, 1.54) is 0 Å². The molecule has 1 N–H and O–H groups in total. The second-order valence-corrected chi connectivity index (χ2v) is 8.03. The summed E-state index contributed by atoms with van der Waals surface area (Å²) in [7, 11) is 0. The maximum Gasteiger partial charge on any atom is 0.326 e. The summed E-state index contributed by atoms with van der Waals surface area (Å²) >= 11 is 0. The van der Waals surface area contributed by atoms with Gasteiger partial charge in [-0.1, -0.05) is 12.1 Å². The third-order valence-corrected chi connectivity index (χ3v) is 6.10. The molecule has 1 spiro atoms. The summed E-state index contributed by atoms with van der Waals surface area (Å²) in [4.78, 5) is 32.5. The monoisotopic (exact) mass is 362 g/mol. The first-order chi connectivity index (χ1) is 12.5. The number of likely N-dealkylation sites (tertiary alicyclic amines) is 2. The Morgan fingerprint density at radius 2 is 2.04 bits per heavy atom. The normalized spacial score (nSPS) is 25.7. The van der Waals surface area contributed by atoms with Crippen molar-refractivity contribution >= 4 is 11.9 Å². The van der Waals surface area contributed by atoms with Crippen LogP contribution in [0.25, 0.3) is 0 Å². The number of carboxylic acids is 1. The van der Waals surface area contributed by atoms with Crippen molar-refractivity contribution in [2.24, 2.45) is 11.3 Å². The maximum absolute atomic E-state index is 12.5. The fraction of sp³-hybridized carbons (Fsp3) is 0.778. The first-order valence-corrected chi connectivity index (χ1v) is 9.57. The molecule has 26 heavy (non-hydrogen) atoms. The highest BCUT2D eigenvalue weighted by Crippen LogP contribution is 2.45. The molecule has 3 aliphatic rings. The van der Waals surface area contributed by atoms with Gasteiger partial charge in [-0.25, -0.2) is 4.79 Å². The Hall–Kier alpha value is -1.96. The predicted octanol–water partition coefficient (Wildman–Crippen LogP) is 1.31. The van der Waals surface area contributed by atoms with Crippen molar-refractivity contribution in [1.29, 1.82) is 0 Å². The van der Waals surface area contributed by atoms with Gasteiger partial charge in [-0.15, -0.1) is 0 Å². The van der Waals surface area contributed by atoms with Gasteiger partial charge in [0.05, 0.1) is 6.54 Å². The molecule has 4 rings (SSSR count). The van der Waals surface area contributed by atoms with Crippen LogP contribution in [0.2, 0.25) is 0 Å². The summed E-state index contributed by atoms with van der Waals surface area (Å²) in [5, 5.41) is 13.6. The van der Waals surface area contributed by atoms with Crippen LogP contribution in [-0.4, -0.2) is 62.6 Å². The molecule has 2 aliphatic heterocycles. The van der Waals surface area contributed by atoms with Crippen LogP contribution in [0.1, 0.15) is 50.7 Å². The lowest BCUT2D eigenvalue weighted by Gasteiger charge is -2.38. The largest absolute Gasteiger partial charge is 0.480 e. The molecule has 1 saturated carbocycles. The molecular weight excluding hydrogens is 336 g/mol. The van der Waals surface area contributed by atoms with Gasteiger partial charge in [0.2, 0.25) is 11.8 Å². The number of amides is 1. The van der Waals surface area contributed by atoms with Gasteiger partial charge in [-0.3, -0.25) is 9.69 Å². The molecule has 0 bridgehead atoms. The van der Waals surface area contributed by atoms with Gasteiger partial charge in [0.15, 0.2) is 5.82 Å². The van der Waals surface area contributed by atoms with Crippen molar-refractivity contribution in [3.05, 3.63) is 11.7 Å². The van der Waals surface area contributed by atoms with Crippen LogP contribution in [-0.2, 0) is 22.6 Å². The van der Waals surface area contributed by atoms with Gasteiger partial charge in [0.25, 0.3) is 0 Å². The molecular formula is C18H26N4O4. The van der Waals surface area contributed by atoms with Crippen molar-refractivity contribution in [1.82, 2.24) is 19.9 Å². The Bertz CT molecular complexity index is 691. The SMILES string of the molecule is CCc1nc(CN2CCC3(CC2)CC(C(=O)O)N(C(=O)C2CC2)C3)no1. The standard InChI is InChI=1S/C18H26N4O4/c1-2-15-19-14(20-26-15)10-21-7-5-18(6-8-21)9-13(17(24)25)22(11-18)16(23)12-3-4-12/h12-13H,2-11H2,1H3,(H,24,25). The van der Waals surface area contributed by atoms with E-state index in [2.05, 4.69) is 15.0 Å². The molecule has 1 amide bonds. The van der Waals surface area contributed by atoms with E-state index in [9.17, 15) is 14.7 Å². The van der Waals surface area contributed by atoms with Gasteiger partial charge in [0, 0.05) is 18.9 Å². The van der Waals surface area contributed by atoms with Crippen LogP contribution < -0.4 is 0 Å². The lowest BCUT2D eigenvalue weighted by atomic mass is 9.76. The van der Waals surface area contributed by atoms with E-state index < -0.39 is 12.0 Å². The number of hydrogen-bond acceptors (Lipinski definition) is 6. The molecule has 0 radical (unpaired) electrons. The summed E-state index contributed by atoms with van der Waals surface area (Å²) in [6, 6.07) is -0.654. The van der Waals surface area contributed by atoms with Gasteiger partial charge >= 0.3 is 5.97 Å². The van der Waals surface area contributed by atoms with Crippen molar-refractivity contribution in [3.8, 4) is 0 Å².